The fraction of sp³-hybridized carbons (Fsp3) is 0.300. The molecule has 1 amide bonds. The molecule has 6 heteroatoms. The summed E-state index contributed by atoms with van der Waals surface area (Å²) < 4.78 is 15.4. The Morgan fingerprint density at radius 1 is 0.923 bits per heavy atom. The van der Waals surface area contributed by atoms with Crippen LogP contribution in [0.25, 0.3) is 0 Å². The first-order valence-electron chi connectivity index (χ1n) is 8.16. The second-order valence-electron chi connectivity index (χ2n) is 5.87. The van der Waals surface area contributed by atoms with Crippen molar-refractivity contribution in [2.24, 2.45) is 0 Å². The minimum atomic E-state index is -0.493. The average Bonchev–Trinajstić information content (AvgIpc) is 2.63. The van der Waals surface area contributed by atoms with Gasteiger partial charge in [0, 0.05) is 5.69 Å². The van der Waals surface area contributed by atoms with Crippen LogP contribution in [0, 0.1) is 13.8 Å². The lowest BCUT2D eigenvalue weighted by Gasteiger charge is -2.10. The van der Waals surface area contributed by atoms with E-state index in [1.807, 2.05) is 32.0 Å². The number of hydrogen-bond acceptors (Lipinski definition) is 5. The van der Waals surface area contributed by atoms with Gasteiger partial charge >= 0.3 is 5.97 Å². The summed E-state index contributed by atoms with van der Waals surface area (Å²) in [7, 11) is 3.07. The standard InChI is InChI=1S/C20H23NO5/c1-13-5-7-16(9-14(13)2)21-19(22)12-26-20(23)11-15-6-8-17(24-3)18(10-15)25-4/h5-10H,11-12H2,1-4H3,(H,21,22). The van der Waals surface area contributed by atoms with Crippen molar-refractivity contribution in [2.75, 3.05) is 26.1 Å². The molecule has 2 aromatic rings. The van der Waals surface area contributed by atoms with Crippen molar-refractivity contribution in [3.63, 3.8) is 0 Å². The number of carbonyl (C=O) groups is 2. The fourth-order valence-electron chi connectivity index (χ4n) is 2.37. The number of anilines is 1. The minimum absolute atomic E-state index is 0.0390. The number of esters is 1. The zero-order valence-corrected chi connectivity index (χ0v) is 15.4. The molecule has 138 valence electrons. The van der Waals surface area contributed by atoms with Crippen molar-refractivity contribution in [1.82, 2.24) is 0 Å². The lowest BCUT2D eigenvalue weighted by atomic mass is 10.1. The molecule has 0 saturated carbocycles. The molecule has 0 unspecified atom stereocenters. The summed E-state index contributed by atoms with van der Waals surface area (Å²) in [6.45, 7) is 3.63. The maximum Gasteiger partial charge on any atom is 0.310 e. The molecule has 0 aromatic heterocycles. The van der Waals surface area contributed by atoms with Crippen molar-refractivity contribution in [2.45, 2.75) is 20.3 Å². The summed E-state index contributed by atoms with van der Waals surface area (Å²) in [4.78, 5) is 23.9. The molecule has 0 radical (unpaired) electrons. The van der Waals surface area contributed by atoms with Crippen LogP contribution in [-0.4, -0.2) is 32.7 Å². The Morgan fingerprint density at radius 2 is 1.65 bits per heavy atom. The third kappa shape index (κ3) is 5.24. The number of rotatable bonds is 7. The Hall–Kier alpha value is -3.02. The lowest BCUT2D eigenvalue weighted by molar-refractivity contribution is -0.146. The van der Waals surface area contributed by atoms with Crippen LogP contribution in [0.5, 0.6) is 11.5 Å². The van der Waals surface area contributed by atoms with E-state index in [9.17, 15) is 9.59 Å². The highest BCUT2D eigenvalue weighted by Crippen LogP contribution is 2.27. The Labute approximate surface area is 153 Å². The predicted octanol–water partition coefficient (Wildman–Crippen LogP) is 3.05. The topological polar surface area (TPSA) is 73.9 Å². The molecule has 0 fully saturated rings. The molecule has 26 heavy (non-hydrogen) atoms. The van der Waals surface area contributed by atoms with E-state index in [1.54, 1.807) is 25.3 Å². The number of hydrogen-bond donors (Lipinski definition) is 1. The molecule has 0 spiro atoms. The maximum atomic E-state index is 11.9. The van der Waals surface area contributed by atoms with Gasteiger partial charge in [-0.1, -0.05) is 12.1 Å². The molecule has 2 aromatic carbocycles. The Kier molecular flexibility index (Phi) is 6.60. The van der Waals surface area contributed by atoms with Crippen molar-refractivity contribution in [3.8, 4) is 11.5 Å². The van der Waals surface area contributed by atoms with E-state index in [1.165, 1.54) is 7.11 Å². The van der Waals surface area contributed by atoms with Crippen LogP contribution < -0.4 is 14.8 Å². The number of nitrogens with one attached hydrogen (secondary N) is 1. The van der Waals surface area contributed by atoms with Gasteiger partial charge in [-0.2, -0.15) is 0 Å². The van der Waals surface area contributed by atoms with Gasteiger partial charge in [0.2, 0.25) is 0 Å². The Morgan fingerprint density at radius 3 is 2.31 bits per heavy atom. The van der Waals surface area contributed by atoms with E-state index in [4.69, 9.17) is 14.2 Å². The Balaban J connectivity index is 1.86. The lowest BCUT2D eigenvalue weighted by Crippen LogP contribution is -2.21. The van der Waals surface area contributed by atoms with E-state index in [-0.39, 0.29) is 18.9 Å². The van der Waals surface area contributed by atoms with Crippen LogP contribution in [0.2, 0.25) is 0 Å². The zero-order valence-electron chi connectivity index (χ0n) is 15.4. The zero-order chi connectivity index (χ0) is 19.1. The second-order valence-corrected chi connectivity index (χ2v) is 5.87. The highest BCUT2D eigenvalue weighted by molar-refractivity contribution is 5.93. The van der Waals surface area contributed by atoms with Crippen LogP contribution in [0.4, 0.5) is 5.69 Å². The third-order valence-electron chi connectivity index (χ3n) is 3.95. The predicted molar refractivity (Wildman–Crippen MR) is 98.8 cm³/mol. The second kappa shape index (κ2) is 8.89. The van der Waals surface area contributed by atoms with Gasteiger partial charge in [0.1, 0.15) is 0 Å². The summed E-state index contributed by atoms with van der Waals surface area (Å²) >= 11 is 0. The van der Waals surface area contributed by atoms with Crippen molar-refractivity contribution in [1.29, 1.82) is 0 Å². The van der Waals surface area contributed by atoms with Gasteiger partial charge in [0.25, 0.3) is 5.91 Å². The van der Waals surface area contributed by atoms with Crippen LogP contribution in [0.3, 0.4) is 0 Å². The van der Waals surface area contributed by atoms with Gasteiger partial charge in [-0.3, -0.25) is 9.59 Å². The molecule has 6 nitrogen and oxygen atoms in total. The third-order valence-corrected chi connectivity index (χ3v) is 3.95. The molecule has 0 heterocycles. The van der Waals surface area contributed by atoms with Crippen LogP contribution in [0.15, 0.2) is 36.4 Å². The summed E-state index contributed by atoms with van der Waals surface area (Å²) in [6.07, 6.45) is 0.0390. The molecule has 2 rings (SSSR count). The highest BCUT2D eigenvalue weighted by Gasteiger charge is 2.11. The van der Waals surface area contributed by atoms with Crippen molar-refractivity contribution < 1.29 is 23.8 Å². The van der Waals surface area contributed by atoms with E-state index in [0.717, 1.165) is 11.1 Å². The Bertz CT molecular complexity index is 801. The van der Waals surface area contributed by atoms with E-state index >= 15 is 0 Å². The number of methoxy groups -OCH3 is 2. The van der Waals surface area contributed by atoms with Crippen molar-refractivity contribution >= 4 is 17.6 Å². The molecule has 0 atom stereocenters. The SMILES string of the molecule is COc1ccc(CC(=O)OCC(=O)Nc2ccc(C)c(C)c2)cc1OC. The number of benzene rings is 2. The van der Waals surface area contributed by atoms with Crippen LogP contribution >= 0.6 is 0 Å². The molecule has 0 aliphatic rings. The molecular weight excluding hydrogens is 334 g/mol. The first-order valence-corrected chi connectivity index (χ1v) is 8.16. The van der Waals surface area contributed by atoms with Gasteiger partial charge in [0.05, 0.1) is 20.6 Å². The molecule has 0 saturated heterocycles. The van der Waals surface area contributed by atoms with Crippen molar-refractivity contribution in [3.05, 3.63) is 53.1 Å². The quantitative estimate of drug-likeness (QED) is 0.771. The number of amides is 1. The molecule has 0 aliphatic carbocycles. The van der Waals surface area contributed by atoms with E-state index in [2.05, 4.69) is 5.32 Å². The molecular formula is C20H23NO5. The normalized spacial score (nSPS) is 10.2. The fourth-order valence-corrected chi connectivity index (χ4v) is 2.37. The highest BCUT2D eigenvalue weighted by atomic mass is 16.5. The van der Waals surface area contributed by atoms with E-state index < -0.39 is 5.97 Å². The van der Waals surface area contributed by atoms with E-state index in [0.29, 0.717) is 22.7 Å². The van der Waals surface area contributed by atoms with Gasteiger partial charge in [-0.25, -0.2) is 0 Å². The largest absolute Gasteiger partial charge is 0.493 e. The van der Waals surface area contributed by atoms with Gasteiger partial charge in [0.15, 0.2) is 18.1 Å². The number of aryl methyl sites for hydroxylation is 2. The van der Waals surface area contributed by atoms with Crippen LogP contribution in [-0.2, 0) is 20.7 Å². The molecule has 0 bridgehead atoms. The summed E-state index contributed by atoms with van der Waals surface area (Å²) in [5.41, 5.74) is 3.61. The molecule has 1 N–H and O–H groups in total. The summed E-state index contributed by atoms with van der Waals surface area (Å²) in [6, 6.07) is 10.8. The maximum absolute atomic E-state index is 11.9. The van der Waals surface area contributed by atoms with Gasteiger partial charge in [-0.15, -0.1) is 0 Å². The first-order chi connectivity index (χ1) is 12.4. The summed E-state index contributed by atoms with van der Waals surface area (Å²) in [5.74, 6) is 0.240. The minimum Gasteiger partial charge on any atom is -0.493 e. The first kappa shape index (κ1) is 19.3. The van der Waals surface area contributed by atoms with Gasteiger partial charge < -0.3 is 19.5 Å². The molecule has 0 aliphatic heterocycles. The number of carbonyl (C=O) groups excluding carboxylic acids is 2. The van der Waals surface area contributed by atoms with Gasteiger partial charge in [-0.05, 0) is 54.8 Å². The smallest absolute Gasteiger partial charge is 0.310 e. The van der Waals surface area contributed by atoms with Crippen LogP contribution in [0.1, 0.15) is 16.7 Å². The summed E-state index contributed by atoms with van der Waals surface area (Å²) in [5, 5.41) is 2.71. The average molecular weight is 357 g/mol. The number of ether oxygens (including phenoxy) is 3. The monoisotopic (exact) mass is 357 g/mol.